The van der Waals surface area contributed by atoms with E-state index in [1.807, 2.05) is 0 Å². The second-order valence-electron chi connectivity index (χ2n) is 5.94. The molecule has 0 aliphatic heterocycles. The third kappa shape index (κ3) is 3.92. The minimum atomic E-state index is -4.56. The topological polar surface area (TPSA) is 74.8 Å². The van der Waals surface area contributed by atoms with E-state index in [1.165, 1.54) is 18.2 Å². The summed E-state index contributed by atoms with van der Waals surface area (Å²) in [5, 5.41) is 1.86. The number of halogens is 3. The maximum Gasteiger partial charge on any atom is 0.418 e. The summed E-state index contributed by atoms with van der Waals surface area (Å²) >= 11 is 1.00. The number of carbonyl (C=O) groups is 1. The molecule has 1 aromatic carbocycles. The van der Waals surface area contributed by atoms with Crippen LogP contribution in [-0.4, -0.2) is 21.1 Å². The minimum absolute atomic E-state index is 0.218. The van der Waals surface area contributed by atoms with Crippen LogP contribution in [0.4, 0.5) is 18.9 Å². The monoisotopic (exact) mass is 383 g/mol. The fourth-order valence-electron chi connectivity index (χ4n) is 2.77. The Morgan fingerprint density at radius 1 is 1.31 bits per heavy atom. The van der Waals surface area contributed by atoms with Crippen LogP contribution < -0.4 is 10.9 Å². The van der Waals surface area contributed by atoms with Crippen molar-refractivity contribution in [2.75, 3.05) is 5.32 Å². The highest BCUT2D eigenvalue weighted by molar-refractivity contribution is 8.00. The Morgan fingerprint density at radius 2 is 2.04 bits per heavy atom. The molecule has 1 aromatic heterocycles. The van der Waals surface area contributed by atoms with Crippen molar-refractivity contribution in [3.8, 4) is 0 Å². The van der Waals surface area contributed by atoms with Crippen LogP contribution in [0.2, 0.25) is 0 Å². The van der Waals surface area contributed by atoms with Gasteiger partial charge in [0.2, 0.25) is 5.91 Å². The van der Waals surface area contributed by atoms with Crippen LogP contribution in [0.3, 0.4) is 0 Å². The lowest BCUT2D eigenvalue weighted by Crippen LogP contribution is -2.25. The normalized spacial score (nSPS) is 14.8. The predicted octanol–water partition coefficient (Wildman–Crippen LogP) is 3.40. The maximum atomic E-state index is 13.0. The first kappa shape index (κ1) is 18.5. The number of hydrogen-bond donors (Lipinski definition) is 2. The summed E-state index contributed by atoms with van der Waals surface area (Å²) in [6.45, 7) is 1.55. The maximum absolute atomic E-state index is 13.0. The van der Waals surface area contributed by atoms with Crippen molar-refractivity contribution in [1.82, 2.24) is 9.97 Å². The molecule has 2 N–H and O–H groups in total. The highest BCUT2D eigenvalue weighted by Gasteiger charge is 2.34. The summed E-state index contributed by atoms with van der Waals surface area (Å²) in [4.78, 5) is 31.3. The van der Waals surface area contributed by atoms with Gasteiger partial charge in [0, 0.05) is 5.56 Å². The Hall–Kier alpha value is -2.29. The molecule has 9 heteroatoms. The zero-order valence-corrected chi connectivity index (χ0v) is 14.6. The lowest BCUT2D eigenvalue weighted by molar-refractivity contribution is -0.137. The Balaban J connectivity index is 1.74. The number of carbonyl (C=O) groups excluding carboxylic acids is 1. The number of amides is 1. The predicted molar refractivity (Wildman–Crippen MR) is 92.3 cm³/mol. The van der Waals surface area contributed by atoms with Gasteiger partial charge in [0.05, 0.1) is 22.2 Å². The molecule has 0 unspecified atom stereocenters. The molecule has 3 rings (SSSR count). The van der Waals surface area contributed by atoms with E-state index in [9.17, 15) is 22.8 Å². The summed E-state index contributed by atoms with van der Waals surface area (Å²) in [6.07, 6.45) is -2.30. The largest absolute Gasteiger partial charge is 0.418 e. The summed E-state index contributed by atoms with van der Waals surface area (Å²) in [5.74, 6) is -0.602. The number of benzene rings is 1. The number of aromatic amines is 1. The summed E-state index contributed by atoms with van der Waals surface area (Å²) in [6, 6.07) is 4.79. The first-order valence-corrected chi connectivity index (χ1v) is 8.89. The zero-order valence-electron chi connectivity index (χ0n) is 13.8. The van der Waals surface area contributed by atoms with Crippen molar-refractivity contribution in [3.63, 3.8) is 0 Å². The minimum Gasteiger partial charge on any atom is -0.325 e. The van der Waals surface area contributed by atoms with Gasteiger partial charge in [0.15, 0.2) is 5.16 Å². The number of H-pyrrole nitrogens is 1. The van der Waals surface area contributed by atoms with Gasteiger partial charge in [-0.05, 0) is 38.3 Å². The molecule has 0 saturated heterocycles. The Kier molecular flexibility index (Phi) is 5.08. The van der Waals surface area contributed by atoms with Gasteiger partial charge in [-0.3, -0.25) is 9.59 Å². The highest BCUT2D eigenvalue weighted by atomic mass is 32.2. The Bertz CT molecular complexity index is 896. The van der Waals surface area contributed by atoms with Gasteiger partial charge in [-0.2, -0.15) is 13.2 Å². The number of nitrogens with zero attached hydrogens (tertiary/aromatic N) is 1. The molecular formula is C17H16F3N3O2S. The SMILES string of the molecule is C[C@@H](Sc1nc2c(c(=O)[nH]1)CCC2)C(=O)Nc1ccccc1C(F)(F)F. The van der Waals surface area contributed by atoms with Crippen LogP contribution >= 0.6 is 11.8 Å². The second kappa shape index (κ2) is 7.14. The Labute approximate surface area is 151 Å². The quantitative estimate of drug-likeness (QED) is 0.627. The molecule has 138 valence electrons. The summed E-state index contributed by atoms with van der Waals surface area (Å²) in [7, 11) is 0. The van der Waals surface area contributed by atoms with E-state index in [1.54, 1.807) is 6.92 Å². The van der Waals surface area contributed by atoms with Crippen LogP contribution in [0.1, 0.15) is 30.2 Å². The molecular weight excluding hydrogens is 367 g/mol. The number of thioether (sulfide) groups is 1. The third-order valence-electron chi connectivity index (χ3n) is 4.07. The van der Waals surface area contributed by atoms with Gasteiger partial charge < -0.3 is 10.3 Å². The van der Waals surface area contributed by atoms with E-state index in [-0.39, 0.29) is 11.2 Å². The van der Waals surface area contributed by atoms with E-state index in [4.69, 9.17) is 0 Å². The van der Waals surface area contributed by atoms with Gasteiger partial charge in [0.25, 0.3) is 5.56 Å². The molecule has 0 radical (unpaired) electrons. The van der Waals surface area contributed by atoms with Gasteiger partial charge >= 0.3 is 6.18 Å². The van der Waals surface area contributed by atoms with Crippen LogP contribution in [-0.2, 0) is 23.8 Å². The number of nitrogens with one attached hydrogen (secondary N) is 2. The average molecular weight is 383 g/mol. The van der Waals surface area contributed by atoms with Gasteiger partial charge in [-0.15, -0.1) is 0 Å². The van der Waals surface area contributed by atoms with Gasteiger partial charge in [-0.25, -0.2) is 4.98 Å². The molecule has 0 fully saturated rings. The van der Waals surface area contributed by atoms with E-state index >= 15 is 0 Å². The molecule has 26 heavy (non-hydrogen) atoms. The number of aromatic nitrogens is 2. The molecule has 0 spiro atoms. The molecule has 1 aliphatic rings. The van der Waals surface area contributed by atoms with Crippen LogP contribution in [0.5, 0.6) is 0 Å². The summed E-state index contributed by atoms with van der Waals surface area (Å²) in [5.41, 5.74) is -0.0238. The number of anilines is 1. The average Bonchev–Trinajstić information content (AvgIpc) is 3.03. The van der Waals surface area contributed by atoms with Crippen molar-refractivity contribution in [2.24, 2.45) is 0 Å². The number of para-hydroxylation sites is 1. The van der Waals surface area contributed by atoms with Crippen molar-refractivity contribution in [3.05, 3.63) is 51.4 Å². The van der Waals surface area contributed by atoms with Gasteiger partial charge in [-0.1, -0.05) is 23.9 Å². The lowest BCUT2D eigenvalue weighted by atomic mass is 10.1. The fraction of sp³-hybridized carbons (Fsp3) is 0.353. The molecule has 0 bridgehead atoms. The fourth-order valence-corrected chi connectivity index (χ4v) is 3.58. The van der Waals surface area contributed by atoms with E-state index in [0.29, 0.717) is 23.6 Å². The molecule has 5 nitrogen and oxygen atoms in total. The van der Waals surface area contributed by atoms with Crippen molar-refractivity contribution in [2.45, 2.75) is 42.8 Å². The highest BCUT2D eigenvalue weighted by Crippen LogP contribution is 2.35. The van der Waals surface area contributed by atoms with Crippen molar-refractivity contribution >= 4 is 23.4 Å². The molecule has 1 atom stereocenters. The van der Waals surface area contributed by atoms with Crippen molar-refractivity contribution in [1.29, 1.82) is 0 Å². The molecule has 2 aromatic rings. The number of fused-ring (bicyclic) bond motifs is 1. The molecule has 1 aliphatic carbocycles. The number of hydrogen-bond acceptors (Lipinski definition) is 4. The molecule has 1 heterocycles. The van der Waals surface area contributed by atoms with Crippen LogP contribution in [0, 0.1) is 0 Å². The second-order valence-corrected chi connectivity index (χ2v) is 7.27. The first-order valence-electron chi connectivity index (χ1n) is 8.01. The molecule has 1 amide bonds. The number of alkyl halides is 3. The van der Waals surface area contributed by atoms with Gasteiger partial charge in [0.1, 0.15) is 0 Å². The van der Waals surface area contributed by atoms with E-state index < -0.39 is 22.9 Å². The third-order valence-corrected chi connectivity index (χ3v) is 5.05. The standard InChI is InChI=1S/C17H16F3N3O2S/c1-9(26-16-22-12-8-4-5-10(12)15(25)23-16)14(24)21-13-7-3-2-6-11(13)17(18,19)20/h2-3,6-7,9H,4-5,8H2,1H3,(H,21,24)(H,22,23,25)/t9-/m1/s1. The molecule has 0 saturated carbocycles. The van der Waals surface area contributed by atoms with E-state index in [0.717, 1.165) is 29.9 Å². The number of aryl methyl sites for hydroxylation is 1. The number of rotatable bonds is 4. The van der Waals surface area contributed by atoms with Crippen LogP contribution in [0.15, 0.2) is 34.2 Å². The Morgan fingerprint density at radius 3 is 2.77 bits per heavy atom. The zero-order chi connectivity index (χ0) is 18.9. The van der Waals surface area contributed by atoms with Crippen LogP contribution in [0.25, 0.3) is 0 Å². The summed E-state index contributed by atoms with van der Waals surface area (Å²) < 4.78 is 39.0. The smallest absolute Gasteiger partial charge is 0.325 e. The van der Waals surface area contributed by atoms with Crippen molar-refractivity contribution < 1.29 is 18.0 Å². The van der Waals surface area contributed by atoms with E-state index in [2.05, 4.69) is 15.3 Å². The lowest BCUT2D eigenvalue weighted by Gasteiger charge is -2.16. The first-order chi connectivity index (χ1) is 12.3.